The van der Waals surface area contributed by atoms with E-state index in [4.69, 9.17) is 23.7 Å². The summed E-state index contributed by atoms with van der Waals surface area (Å²) in [5.41, 5.74) is -4.77. The fraction of sp³-hybridized carbons (Fsp3) is 0.423. The number of carbonyl (C=O) groups is 3. The minimum absolute atomic E-state index is 0.556. The van der Waals surface area contributed by atoms with Crippen molar-refractivity contribution >= 4 is 17.9 Å². The van der Waals surface area contributed by atoms with Gasteiger partial charge in [-0.15, -0.1) is 0 Å². The lowest BCUT2D eigenvalue weighted by atomic mass is 9.81. The van der Waals surface area contributed by atoms with Gasteiger partial charge in [-0.3, -0.25) is 0 Å². The van der Waals surface area contributed by atoms with E-state index in [1.54, 1.807) is 0 Å². The molecule has 6 rings (SSSR count). The van der Waals surface area contributed by atoms with Crippen molar-refractivity contribution in [3.63, 3.8) is 0 Å². The minimum atomic E-state index is -2.90. The smallest absolute Gasteiger partial charge is 0.340 e. The summed E-state index contributed by atoms with van der Waals surface area (Å²) in [4.78, 5) is 40.0. The highest BCUT2D eigenvalue weighted by Crippen LogP contribution is 2.62. The van der Waals surface area contributed by atoms with Crippen LogP contribution >= 0.6 is 0 Å². The molecule has 0 radical (unpaired) electrons. The van der Waals surface area contributed by atoms with E-state index in [-0.39, 0.29) is 0 Å². The predicted molar refractivity (Wildman–Crippen MR) is 131 cm³/mol. The molecule has 3 aliphatic heterocycles. The van der Waals surface area contributed by atoms with Crippen LogP contribution in [-0.2, 0) is 23.7 Å². The molecule has 1 saturated carbocycles. The second-order valence-corrected chi connectivity index (χ2v) is 10.7. The molecule has 18 nitrogen and oxygen atoms in total. The number of hydrogen-bond donors (Lipinski definition) is 10. The molecule has 236 valence electrons. The number of ether oxygens (including phenoxy) is 5. The number of aliphatic hydroxyl groups is 5. The molecule has 2 aromatic rings. The minimum Gasteiger partial charge on any atom is -0.504 e. The highest BCUT2D eigenvalue weighted by Gasteiger charge is 2.73. The summed E-state index contributed by atoms with van der Waals surface area (Å²) >= 11 is 0. The summed E-state index contributed by atoms with van der Waals surface area (Å²) in [5.74, 6) is -14.9. The molecule has 0 amide bonds. The SMILES string of the molecule is O=C(O[C@@H]1O[C@H](CO)[C@H]2OC(=O)C3(O)CC(O)C4(O)Oc5c(O)c(O)cc(c5C34)C(=O)O[C@@H]1[C@H]2O)c1cc(O)c(O)c(O)c1. The number of carbonyl (C=O) groups excluding carboxylic acids is 3. The Morgan fingerprint density at radius 3 is 2.20 bits per heavy atom. The first-order chi connectivity index (χ1) is 20.6. The predicted octanol–water partition coefficient (Wildman–Crippen LogP) is -2.74. The van der Waals surface area contributed by atoms with Crippen LogP contribution in [0.25, 0.3) is 0 Å². The van der Waals surface area contributed by atoms with Gasteiger partial charge in [0.2, 0.25) is 17.8 Å². The van der Waals surface area contributed by atoms with E-state index in [2.05, 4.69) is 0 Å². The number of phenolic OH excluding ortho intramolecular Hbond substituents is 5. The van der Waals surface area contributed by atoms with Crippen molar-refractivity contribution in [3.05, 3.63) is 34.9 Å². The van der Waals surface area contributed by atoms with Crippen LogP contribution in [0.4, 0.5) is 0 Å². The number of phenols is 5. The molecule has 2 aromatic carbocycles. The Morgan fingerprint density at radius 1 is 0.932 bits per heavy atom. The molecule has 18 heteroatoms. The van der Waals surface area contributed by atoms with Crippen LogP contribution in [0.3, 0.4) is 0 Å². The van der Waals surface area contributed by atoms with Crippen LogP contribution < -0.4 is 4.74 Å². The van der Waals surface area contributed by atoms with Crippen LogP contribution in [0.2, 0.25) is 0 Å². The Morgan fingerprint density at radius 2 is 1.57 bits per heavy atom. The molecule has 1 saturated heterocycles. The molecule has 9 atom stereocenters. The maximum absolute atomic E-state index is 13.6. The van der Waals surface area contributed by atoms with Gasteiger partial charge in [0.15, 0.2) is 46.6 Å². The van der Waals surface area contributed by atoms with Crippen LogP contribution in [0.5, 0.6) is 34.5 Å². The van der Waals surface area contributed by atoms with Gasteiger partial charge in [-0.2, -0.15) is 0 Å². The molecular formula is C26H24O18. The van der Waals surface area contributed by atoms with Gasteiger partial charge in [0.1, 0.15) is 18.3 Å². The van der Waals surface area contributed by atoms with Crippen LogP contribution in [0.1, 0.15) is 38.6 Å². The van der Waals surface area contributed by atoms with Crippen LogP contribution in [0.15, 0.2) is 18.2 Å². The lowest BCUT2D eigenvalue weighted by molar-refractivity contribution is -0.290. The average Bonchev–Trinajstić information content (AvgIpc) is 3.40. The third-order valence-corrected chi connectivity index (χ3v) is 8.09. The van der Waals surface area contributed by atoms with Gasteiger partial charge >= 0.3 is 17.9 Å². The van der Waals surface area contributed by atoms with Crippen molar-refractivity contribution < 1.29 is 89.1 Å². The van der Waals surface area contributed by atoms with Crippen molar-refractivity contribution in [1.82, 2.24) is 0 Å². The third-order valence-electron chi connectivity index (χ3n) is 8.09. The number of rotatable bonds is 3. The Bertz CT molecular complexity index is 1570. The van der Waals surface area contributed by atoms with Crippen molar-refractivity contribution in [2.75, 3.05) is 6.61 Å². The number of fused-ring (bicyclic) bond motifs is 2. The van der Waals surface area contributed by atoms with Crippen LogP contribution in [0, 0.1) is 0 Å². The quantitative estimate of drug-likeness (QED) is 0.0941. The van der Waals surface area contributed by atoms with E-state index in [1.165, 1.54) is 0 Å². The molecule has 4 aliphatic rings. The highest BCUT2D eigenvalue weighted by atomic mass is 16.7. The summed E-state index contributed by atoms with van der Waals surface area (Å²) in [6.07, 6.45) is -13.0. The Balaban J connectivity index is 1.46. The monoisotopic (exact) mass is 624 g/mol. The number of aromatic hydroxyl groups is 5. The average molecular weight is 624 g/mol. The molecule has 44 heavy (non-hydrogen) atoms. The molecule has 2 fully saturated rings. The van der Waals surface area contributed by atoms with Gasteiger partial charge in [0.05, 0.1) is 23.7 Å². The van der Waals surface area contributed by atoms with Crippen molar-refractivity contribution in [2.24, 2.45) is 0 Å². The lowest BCUT2D eigenvalue weighted by Crippen LogP contribution is -2.62. The Labute approximate surface area is 244 Å². The molecule has 2 bridgehead atoms. The molecular weight excluding hydrogens is 600 g/mol. The first kappa shape index (κ1) is 29.5. The largest absolute Gasteiger partial charge is 0.504 e. The maximum Gasteiger partial charge on any atom is 0.340 e. The zero-order valence-corrected chi connectivity index (χ0v) is 21.9. The van der Waals surface area contributed by atoms with Gasteiger partial charge in [-0.25, -0.2) is 14.4 Å². The molecule has 10 N–H and O–H groups in total. The van der Waals surface area contributed by atoms with Gasteiger partial charge in [-0.05, 0) is 18.2 Å². The number of hydrogen-bond acceptors (Lipinski definition) is 18. The fourth-order valence-electron chi connectivity index (χ4n) is 5.95. The fourth-order valence-corrected chi connectivity index (χ4v) is 5.95. The summed E-state index contributed by atoms with van der Waals surface area (Å²) in [6.45, 7) is -1.02. The topological polar surface area (TPSA) is 300 Å². The summed E-state index contributed by atoms with van der Waals surface area (Å²) in [6, 6.07) is 2.03. The Hall–Kier alpha value is -4.59. The maximum atomic E-state index is 13.6. The number of esters is 3. The van der Waals surface area contributed by atoms with Gasteiger partial charge in [0, 0.05) is 12.0 Å². The van der Waals surface area contributed by atoms with Gasteiger partial charge < -0.3 is 74.7 Å². The molecule has 3 heterocycles. The number of benzene rings is 2. The summed E-state index contributed by atoms with van der Waals surface area (Å²) in [5, 5.41) is 104. The molecule has 0 aromatic heterocycles. The first-order valence-electron chi connectivity index (χ1n) is 12.8. The second-order valence-electron chi connectivity index (χ2n) is 10.7. The third kappa shape index (κ3) is 4.00. The zero-order chi connectivity index (χ0) is 32.0. The molecule has 1 aliphatic carbocycles. The van der Waals surface area contributed by atoms with E-state index in [0.717, 1.165) is 0 Å². The van der Waals surface area contributed by atoms with E-state index >= 15 is 0 Å². The van der Waals surface area contributed by atoms with Crippen molar-refractivity contribution in [3.8, 4) is 34.5 Å². The van der Waals surface area contributed by atoms with E-state index in [0.29, 0.717) is 18.2 Å². The van der Waals surface area contributed by atoms with E-state index < -0.39 is 136 Å². The second kappa shape index (κ2) is 9.71. The molecule has 4 unspecified atom stereocenters. The zero-order valence-electron chi connectivity index (χ0n) is 21.9. The van der Waals surface area contributed by atoms with E-state index in [9.17, 15) is 65.4 Å². The van der Waals surface area contributed by atoms with E-state index in [1.807, 2.05) is 0 Å². The normalized spacial score (nSPS) is 35.5. The lowest BCUT2D eigenvalue weighted by Gasteiger charge is -2.42. The first-order valence-corrected chi connectivity index (χ1v) is 12.8. The highest BCUT2D eigenvalue weighted by molar-refractivity contribution is 5.96. The van der Waals surface area contributed by atoms with Gasteiger partial charge in [-0.1, -0.05) is 0 Å². The summed E-state index contributed by atoms with van der Waals surface area (Å²) < 4.78 is 26.7. The Kier molecular flexibility index (Phi) is 6.50. The summed E-state index contributed by atoms with van der Waals surface area (Å²) in [7, 11) is 0. The van der Waals surface area contributed by atoms with Crippen molar-refractivity contribution in [1.29, 1.82) is 0 Å². The van der Waals surface area contributed by atoms with Gasteiger partial charge in [0.25, 0.3) is 0 Å². The van der Waals surface area contributed by atoms with Crippen LogP contribution in [-0.4, -0.2) is 124 Å². The standard InChI is InChI=1S/C26H24O18/c27-5-11-17-16(34)19(23(40-11)43-21(35)6-1-8(28)14(32)9(29)2-6)41-22(36)7-3-10(30)15(33)18-13(7)20-25(38,24(37)42-17)4-12(31)26(20,39)44-18/h1-3,11-12,16-17,19-20,23,27-34,38-39H,4-5H2/t11-,12?,16+,17-,19-,20?,23+,25?,26?/m1/s1. The molecule has 0 spiro atoms. The van der Waals surface area contributed by atoms with Crippen molar-refractivity contribution in [2.45, 2.75) is 60.5 Å². The number of aliphatic hydroxyl groups excluding tert-OH is 3.